The lowest BCUT2D eigenvalue weighted by Gasteiger charge is -2.08. The maximum absolute atomic E-state index is 12.1. The van der Waals surface area contributed by atoms with Crippen molar-refractivity contribution in [3.63, 3.8) is 0 Å². The third-order valence-electron chi connectivity index (χ3n) is 3.76. The van der Waals surface area contributed by atoms with Crippen LogP contribution in [0.3, 0.4) is 0 Å². The molecule has 6 nitrogen and oxygen atoms in total. The lowest BCUT2D eigenvalue weighted by Crippen LogP contribution is -2.16. The monoisotopic (exact) mass is 408 g/mol. The van der Waals surface area contributed by atoms with Gasteiger partial charge >= 0.3 is 6.36 Å². The summed E-state index contributed by atoms with van der Waals surface area (Å²) in [6, 6.07) is 5.52. The molecule has 0 saturated carbocycles. The first-order valence-corrected chi connectivity index (χ1v) is 10.5. The molecular formula is C15H15F3N2O4S2. The predicted octanol–water partition coefficient (Wildman–Crippen LogP) is 3.24. The molecule has 0 spiro atoms. The molecule has 2 aromatic rings. The summed E-state index contributed by atoms with van der Waals surface area (Å²) < 4.78 is 68.6. The van der Waals surface area contributed by atoms with Crippen molar-refractivity contribution in [2.45, 2.75) is 30.2 Å². The van der Waals surface area contributed by atoms with Gasteiger partial charge < -0.3 is 9.15 Å². The van der Waals surface area contributed by atoms with Crippen molar-refractivity contribution in [1.29, 1.82) is 0 Å². The average molecular weight is 408 g/mol. The Labute approximate surface area is 152 Å². The highest BCUT2D eigenvalue weighted by atomic mass is 32.2. The molecular weight excluding hydrogens is 393 g/mol. The molecule has 0 N–H and O–H groups in total. The third-order valence-corrected chi connectivity index (χ3v) is 6.48. The Morgan fingerprint density at radius 3 is 2.58 bits per heavy atom. The van der Waals surface area contributed by atoms with Gasteiger partial charge in [-0.1, -0.05) is 23.9 Å². The molecule has 0 aliphatic carbocycles. The zero-order chi connectivity index (χ0) is 18.8. The number of ether oxygens (including phenoxy) is 1. The third kappa shape index (κ3) is 5.63. The van der Waals surface area contributed by atoms with Crippen LogP contribution in [0.2, 0.25) is 0 Å². The first-order chi connectivity index (χ1) is 12.2. The maximum atomic E-state index is 12.1. The molecule has 1 aliphatic rings. The average Bonchev–Trinajstić information content (AvgIpc) is 3.11. The van der Waals surface area contributed by atoms with Gasteiger partial charge in [0.15, 0.2) is 9.84 Å². The summed E-state index contributed by atoms with van der Waals surface area (Å²) in [5, 5.41) is 8.15. The molecule has 1 saturated heterocycles. The largest absolute Gasteiger partial charge is 0.573 e. The molecule has 1 aliphatic heterocycles. The fourth-order valence-electron chi connectivity index (χ4n) is 2.59. The Hall–Kier alpha value is -1.75. The van der Waals surface area contributed by atoms with Gasteiger partial charge in [-0.15, -0.1) is 23.4 Å². The van der Waals surface area contributed by atoms with Crippen LogP contribution in [0.5, 0.6) is 5.75 Å². The zero-order valence-electron chi connectivity index (χ0n) is 13.4. The molecule has 26 heavy (non-hydrogen) atoms. The summed E-state index contributed by atoms with van der Waals surface area (Å²) in [6.07, 6.45) is -3.69. The molecule has 1 fully saturated rings. The zero-order valence-corrected chi connectivity index (χ0v) is 15.0. The molecule has 0 amide bonds. The van der Waals surface area contributed by atoms with Crippen LogP contribution in [-0.2, 0) is 22.0 Å². The van der Waals surface area contributed by atoms with Gasteiger partial charge in [-0.2, -0.15) is 0 Å². The van der Waals surface area contributed by atoms with Crippen LogP contribution in [0.4, 0.5) is 13.2 Å². The Balaban J connectivity index is 1.50. The summed E-state index contributed by atoms with van der Waals surface area (Å²) in [5.74, 6) is 0.887. The number of nitrogens with zero attached hydrogens (tertiary/aromatic N) is 2. The van der Waals surface area contributed by atoms with Gasteiger partial charge in [-0.3, -0.25) is 0 Å². The SMILES string of the molecule is O=S1(=O)CCC(Cc2nnc(SCc3ccc(OC(F)(F)F)cc3)o2)C1. The molecule has 1 unspecified atom stereocenters. The second-order valence-corrected chi connectivity index (χ2v) is 9.07. The number of thioether (sulfide) groups is 1. The summed E-state index contributed by atoms with van der Waals surface area (Å²) in [5.41, 5.74) is 0.770. The molecule has 1 aromatic carbocycles. The van der Waals surface area contributed by atoms with Gasteiger partial charge in [0.25, 0.3) is 5.22 Å². The van der Waals surface area contributed by atoms with Gasteiger partial charge in [0.2, 0.25) is 5.89 Å². The smallest absolute Gasteiger partial charge is 0.416 e. The molecule has 11 heteroatoms. The Morgan fingerprint density at radius 1 is 1.23 bits per heavy atom. The molecule has 3 rings (SSSR count). The van der Waals surface area contributed by atoms with E-state index in [1.165, 1.54) is 36.0 Å². The number of sulfone groups is 1. The number of benzene rings is 1. The van der Waals surface area contributed by atoms with Crippen LogP contribution in [0, 0.1) is 5.92 Å². The first-order valence-electron chi connectivity index (χ1n) is 7.69. The topological polar surface area (TPSA) is 82.3 Å². The lowest BCUT2D eigenvalue weighted by atomic mass is 10.1. The van der Waals surface area contributed by atoms with Crippen molar-refractivity contribution >= 4 is 21.6 Å². The van der Waals surface area contributed by atoms with E-state index in [4.69, 9.17) is 4.42 Å². The molecule has 142 valence electrons. The van der Waals surface area contributed by atoms with Gasteiger partial charge in [-0.25, -0.2) is 8.42 Å². The Kier molecular flexibility index (Phi) is 5.47. The molecule has 0 bridgehead atoms. The molecule has 0 radical (unpaired) electrons. The number of halogens is 3. The van der Waals surface area contributed by atoms with Crippen LogP contribution < -0.4 is 4.74 Å². The van der Waals surface area contributed by atoms with Crippen molar-refractivity contribution < 1.29 is 30.7 Å². The number of hydrogen-bond acceptors (Lipinski definition) is 7. The highest BCUT2D eigenvalue weighted by Crippen LogP contribution is 2.27. The van der Waals surface area contributed by atoms with E-state index in [-0.39, 0.29) is 23.2 Å². The number of alkyl halides is 3. The van der Waals surface area contributed by atoms with Crippen molar-refractivity contribution in [3.05, 3.63) is 35.7 Å². The van der Waals surface area contributed by atoms with Gasteiger partial charge in [0, 0.05) is 12.2 Å². The second-order valence-electron chi connectivity index (χ2n) is 5.92. The van der Waals surface area contributed by atoms with E-state index in [0.29, 0.717) is 29.7 Å². The quantitative estimate of drug-likeness (QED) is 0.679. The van der Waals surface area contributed by atoms with E-state index >= 15 is 0 Å². The van der Waals surface area contributed by atoms with Crippen molar-refractivity contribution in [3.8, 4) is 5.75 Å². The van der Waals surface area contributed by atoms with Gasteiger partial charge in [-0.05, 0) is 30.0 Å². The fourth-order valence-corrected chi connectivity index (χ4v) is 5.19. The Bertz CT molecular complexity index is 851. The summed E-state index contributed by atoms with van der Waals surface area (Å²) >= 11 is 1.25. The van der Waals surface area contributed by atoms with Crippen LogP contribution in [0.1, 0.15) is 17.9 Å². The summed E-state index contributed by atoms with van der Waals surface area (Å²) in [7, 11) is -2.95. The first kappa shape index (κ1) is 19.0. The molecule has 1 aromatic heterocycles. The van der Waals surface area contributed by atoms with Crippen molar-refractivity contribution in [2.75, 3.05) is 11.5 Å². The highest BCUT2D eigenvalue weighted by molar-refractivity contribution is 7.98. The van der Waals surface area contributed by atoms with Gasteiger partial charge in [0.05, 0.1) is 11.5 Å². The van der Waals surface area contributed by atoms with E-state index in [9.17, 15) is 21.6 Å². The minimum Gasteiger partial charge on any atom is -0.416 e. The maximum Gasteiger partial charge on any atom is 0.573 e. The van der Waals surface area contributed by atoms with Gasteiger partial charge in [0.1, 0.15) is 5.75 Å². The molecule has 2 heterocycles. The van der Waals surface area contributed by atoms with Crippen molar-refractivity contribution in [1.82, 2.24) is 10.2 Å². The minimum absolute atomic E-state index is 0.000484. The van der Waals surface area contributed by atoms with Crippen molar-refractivity contribution in [2.24, 2.45) is 5.92 Å². The molecule has 1 atom stereocenters. The minimum atomic E-state index is -4.71. The van der Waals surface area contributed by atoms with E-state index in [0.717, 1.165) is 5.56 Å². The second kappa shape index (κ2) is 7.47. The number of aromatic nitrogens is 2. The van der Waals surface area contributed by atoms with E-state index in [2.05, 4.69) is 14.9 Å². The normalized spacial score (nSPS) is 19.6. The number of rotatable bonds is 6. The van der Waals surface area contributed by atoms with Crippen LogP contribution in [-0.4, -0.2) is 36.5 Å². The van der Waals surface area contributed by atoms with E-state index < -0.39 is 16.2 Å². The number of hydrogen-bond donors (Lipinski definition) is 0. The van der Waals surface area contributed by atoms with E-state index in [1.54, 1.807) is 0 Å². The lowest BCUT2D eigenvalue weighted by molar-refractivity contribution is -0.274. The van der Waals surface area contributed by atoms with Crippen LogP contribution >= 0.6 is 11.8 Å². The highest BCUT2D eigenvalue weighted by Gasteiger charge is 2.31. The van der Waals surface area contributed by atoms with E-state index in [1.807, 2.05) is 0 Å². The van der Waals surface area contributed by atoms with Crippen LogP contribution in [0.15, 0.2) is 33.9 Å². The van der Waals surface area contributed by atoms with Crippen LogP contribution in [0.25, 0.3) is 0 Å². The fraction of sp³-hybridized carbons (Fsp3) is 0.467. The summed E-state index contributed by atoms with van der Waals surface area (Å²) in [6.45, 7) is 0. The predicted molar refractivity (Wildman–Crippen MR) is 87.4 cm³/mol. The summed E-state index contributed by atoms with van der Waals surface area (Å²) in [4.78, 5) is 0. The Morgan fingerprint density at radius 2 is 1.96 bits per heavy atom. The standard InChI is InChI=1S/C15H15F3N2O4S2/c16-15(17,18)24-12-3-1-10(2-4-12)8-25-14-20-19-13(23-14)7-11-5-6-26(21,22)9-11/h1-4,11H,5-9H2.